The number of fused-ring (bicyclic) bond motifs is 1. The van der Waals surface area contributed by atoms with E-state index in [0.29, 0.717) is 0 Å². The maximum absolute atomic E-state index is 3.54. The molecule has 1 aliphatic rings. The standard InChI is InChI=1S/C21H25N3/c1-2-6-21-20(5-1)18(15-23-21)11-12-22-19-9-7-17(8-10-19)16-24-13-3-4-14-24/h1-2,5-10,15,22-23H,3-4,11-14,16H2. The van der Waals surface area contributed by atoms with E-state index >= 15 is 0 Å². The highest BCUT2D eigenvalue weighted by Gasteiger charge is 2.11. The predicted octanol–water partition coefficient (Wildman–Crippen LogP) is 4.42. The van der Waals surface area contributed by atoms with Gasteiger partial charge in [0.2, 0.25) is 0 Å². The second-order valence-corrected chi connectivity index (χ2v) is 6.72. The van der Waals surface area contributed by atoms with E-state index in [-0.39, 0.29) is 0 Å². The summed E-state index contributed by atoms with van der Waals surface area (Å²) in [4.78, 5) is 5.89. The van der Waals surface area contributed by atoms with Crippen molar-refractivity contribution in [2.75, 3.05) is 25.0 Å². The summed E-state index contributed by atoms with van der Waals surface area (Å²) in [7, 11) is 0. The van der Waals surface area contributed by atoms with Gasteiger partial charge in [-0.05, 0) is 61.7 Å². The van der Waals surface area contributed by atoms with Crippen LogP contribution in [0.2, 0.25) is 0 Å². The van der Waals surface area contributed by atoms with E-state index in [0.717, 1.165) is 19.5 Å². The van der Waals surface area contributed by atoms with Crippen LogP contribution in [0.1, 0.15) is 24.0 Å². The Morgan fingerprint density at radius 2 is 1.75 bits per heavy atom. The lowest BCUT2D eigenvalue weighted by atomic mass is 10.1. The lowest BCUT2D eigenvalue weighted by Crippen LogP contribution is -2.18. The number of benzene rings is 2. The minimum Gasteiger partial charge on any atom is -0.385 e. The minimum absolute atomic E-state index is 0.952. The Balaban J connectivity index is 1.31. The number of para-hydroxylation sites is 1. The van der Waals surface area contributed by atoms with Gasteiger partial charge in [0.15, 0.2) is 0 Å². The van der Waals surface area contributed by atoms with E-state index < -0.39 is 0 Å². The maximum atomic E-state index is 3.54. The molecule has 0 bridgehead atoms. The van der Waals surface area contributed by atoms with Gasteiger partial charge in [0.1, 0.15) is 0 Å². The maximum Gasteiger partial charge on any atom is 0.0456 e. The normalized spacial score (nSPS) is 15.2. The van der Waals surface area contributed by atoms with E-state index in [1.807, 2.05) is 0 Å². The molecule has 0 spiro atoms. The zero-order valence-corrected chi connectivity index (χ0v) is 14.1. The topological polar surface area (TPSA) is 31.1 Å². The third kappa shape index (κ3) is 3.46. The lowest BCUT2D eigenvalue weighted by molar-refractivity contribution is 0.331. The third-order valence-electron chi connectivity index (χ3n) is 4.96. The fourth-order valence-electron chi connectivity index (χ4n) is 3.61. The smallest absolute Gasteiger partial charge is 0.0456 e. The summed E-state index contributed by atoms with van der Waals surface area (Å²) in [6.45, 7) is 4.55. The number of aromatic amines is 1. The van der Waals surface area contributed by atoms with Gasteiger partial charge < -0.3 is 10.3 Å². The van der Waals surface area contributed by atoms with Crippen LogP contribution in [0.4, 0.5) is 5.69 Å². The van der Waals surface area contributed by atoms with Crippen LogP contribution >= 0.6 is 0 Å². The molecule has 0 radical (unpaired) electrons. The van der Waals surface area contributed by atoms with Crippen LogP contribution in [0.25, 0.3) is 10.9 Å². The van der Waals surface area contributed by atoms with Gasteiger partial charge in [-0.3, -0.25) is 4.90 Å². The molecule has 124 valence electrons. The molecule has 2 heterocycles. The van der Waals surface area contributed by atoms with Crippen LogP contribution in [-0.4, -0.2) is 29.5 Å². The summed E-state index contributed by atoms with van der Waals surface area (Å²) in [5, 5.41) is 4.87. The number of nitrogens with zero attached hydrogens (tertiary/aromatic N) is 1. The first kappa shape index (κ1) is 15.3. The van der Waals surface area contributed by atoms with Crippen molar-refractivity contribution in [3.05, 3.63) is 65.9 Å². The SMILES string of the molecule is c1ccc2c(CCNc3ccc(CN4CCCC4)cc3)c[nH]c2c1. The summed E-state index contributed by atoms with van der Waals surface area (Å²) < 4.78 is 0. The summed E-state index contributed by atoms with van der Waals surface area (Å²) in [5.74, 6) is 0. The fraction of sp³-hybridized carbons (Fsp3) is 0.333. The lowest BCUT2D eigenvalue weighted by Gasteiger charge is -2.15. The van der Waals surface area contributed by atoms with Crippen molar-refractivity contribution in [3.63, 3.8) is 0 Å². The second kappa shape index (κ2) is 7.10. The molecule has 4 rings (SSSR count). The summed E-state index contributed by atoms with van der Waals surface area (Å²) in [6, 6.07) is 17.4. The van der Waals surface area contributed by atoms with Gasteiger partial charge in [-0.2, -0.15) is 0 Å². The van der Waals surface area contributed by atoms with Crippen molar-refractivity contribution >= 4 is 16.6 Å². The van der Waals surface area contributed by atoms with Crippen LogP contribution in [0.3, 0.4) is 0 Å². The Kier molecular flexibility index (Phi) is 4.52. The van der Waals surface area contributed by atoms with Gasteiger partial charge in [0.25, 0.3) is 0 Å². The molecule has 1 saturated heterocycles. The monoisotopic (exact) mass is 319 g/mol. The van der Waals surface area contributed by atoms with Gasteiger partial charge in [-0.25, -0.2) is 0 Å². The number of hydrogen-bond donors (Lipinski definition) is 2. The molecule has 2 N–H and O–H groups in total. The van der Waals surface area contributed by atoms with Gasteiger partial charge in [0.05, 0.1) is 0 Å². The number of hydrogen-bond acceptors (Lipinski definition) is 2. The first-order valence-electron chi connectivity index (χ1n) is 8.99. The van der Waals surface area contributed by atoms with Gasteiger partial charge in [-0.15, -0.1) is 0 Å². The van der Waals surface area contributed by atoms with Crippen LogP contribution in [-0.2, 0) is 13.0 Å². The Morgan fingerprint density at radius 3 is 2.58 bits per heavy atom. The van der Waals surface area contributed by atoms with Gasteiger partial charge in [0, 0.05) is 35.9 Å². The van der Waals surface area contributed by atoms with Crippen LogP contribution in [0, 0.1) is 0 Å². The molecule has 3 aromatic rings. The zero-order chi connectivity index (χ0) is 16.2. The quantitative estimate of drug-likeness (QED) is 0.705. The summed E-state index contributed by atoms with van der Waals surface area (Å²) >= 11 is 0. The van der Waals surface area contributed by atoms with Crippen LogP contribution in [0.15, 0.2) is 54.7 Å². The molecular formula is C21H25N3. The molecule has 0 amide bonds. The summed E-state index contributed by atoms with van der Waals surface area (Å²) in [6.07, 6.45) is 5.87. The van der Waals surface area contributed by atoms with E-state index in [1.54, 1.807) is 0 Å². The average molecular weight is 319 g/mol. The average Bonchev–Trinajstić information content (AvgIpc) is 3.27. The van der Waals surface area contributed by atoms with Crippen LogP contribution < -0.4 is 5.32 Å². The number of H-pyrrole nitrogens is 1. The number of rotatable bonds is 6. The second-order valence-electron chi connectivity index (χ2n) is 6.72. The Hall–Kier alpha value is -2.26. The molecule has 3 nitrogen and oxygen atoms in total. The number of nitrogens with one attached hydrogen (secondary N) is 2. The first-order chi connectivity index (χ1) is 11.9. The highest BCUT2D eigenvalue weighted by Crippen LogP contribution is 2.19. The molecule has 1 aromatic heterocycles. The van der Waals surface area contributed by atoms with E-state index in [4.69, 9.17) is 0 Å². The van der Waals surface area contributed by atoms with Crippen molar-refractivity contribution in [1.29, 1.82) is 0 Å². The van der Waals surface area contributed by atoms with E-state index in [1.165, 1.54) is 53.6 Å². The number of anilines is 1. The number of likely N-dealkylation sites (tertiary alicyclic amines) is 1. The fourth-order valence-corrected chi connectivity index (χ4v) is 3.61. The minimum atomic E-state index is 0.952. The molecule has 0 unspecified atom stereocenters. The van der Waals surface area contributed by atoms with Crippen molar-refractivity contribution in [2.24, 2.45) is 0 Å². The molecule has 1 fully saturated rings. The van der Waals surface area contributed by atoms with Crippen molar-refractivity contribution < 1.29 is 0 Å². The van der Waals surface area contributed by atoms with Gasteiger partial charge >= 0.3 is 0 Å². The van der Waals surface area contributed by atoms with Crippen LogP contribution in [0.5, 0.6) is 0 Å². The Labute approximate surface area is 143 Å². The molecule has 3 heteroatoms. The number of aromatic nitrogens is 1. The highest BCUT2D eigenvalue weighted by molar-refractivity contribution is 5.83. The molecule has 0 saturated carbocycles. The van der Waals surface area contributed by atoms with E-state index in [2.05, 4.69) is 69.9 Å². The van der Waals surface area contributed by atoms with E-state index in [9.17, 15) is 0 Å². The summed E-state index contributed by atoms with van der Waals surface area (Å²) in [5.41, 5.74) is 5.22. The van der Waals surface area contributed by atoms with Crippen molar-refractivity contribution in [2.45, 2.75) is 25.8 Å². The third-order valence-corrected chi connectivity index (χ3v) is 4.96. The molecule has 24 heavy (non-hydrogen) atoms. The van der Waals surface area contributed by atoms with Gasteiger partial charge in [-0.1, -0.05) is 30.3 Å². The Bertz CT molecular complexity index is 782. The van der Waals surface area contributed by atoms with Crippen molar-refractivity contribution in [3.8, 4) is 0 Å². The zero-order valence-electron chi connectivity index (χ0n) is 14.1. The largest absolute Gasteiger partial charge is 0.385 e. The molecule has 2 aromatic carbocycles. The van der Waals surface area contributed by atoms with Crippen molar-refractivity contribution in [1.82, 2.24) is 9.88 Å². The Morgan fingerprint density at radius 1 is 0.958 bits per heavy atom. The highest BCUT2D eigenvalue weighted by atomic mass is 15.1. The predicted molar refractivity (Wildman–Crippen MR) is 101 cm³/mol. The molecule has 1 aliphatic heterocycles. The molecule has 0 atom stereocenters. The molecule has 0 aliphatic carbocycles. The molecular weight excluding hydrogens is 294 g/mol. The first-order valence-corrected chi connectivity index (χ1v) is 8.99.